The molecule has 2 rings (SSSR count). The summed E-state index contributed by atoms with van der Waals surface area (Å²) in [5.41, 5.74) is 1.67. The van der Waals surface area contributed by atoms with Crippen LogP contribution in [0.25, 0.3) is 0 Å². The van der Waals surface area contributed by atoms with Gasteiger partial charge in [-0.25, -0.2) is 4.98 Å². The van der Waals surface area contributed by atoms with Gasteiger partial charge in [0.2, 0.25) is 5.88 Å². The summed E-state index contributed by atoms with van der Waals surface area (Å²) in [7, 11) is 1.89. The average Bonchev–Trinajstić information content (AvgIpc) is 2.54. The third-order valence-corrected chi connectivity index (χ3v) is 3.40. The van der Waals surface area contributed by atoms with Gasteiger partial charge in [0.25, 0.3) is 0 Å². The second-order valence-electron chi connectivity index (χ2n) is 5.83. The van der Waals surface area contributed by atoms with Crippen molar-refractivity contribution in [1.82, 2.24) is 19.7 Å². The number of hydrogen-bond donors (Lipinski definition) is 0. The molecule has 0 N–H and O–H groups in total. The van der Waals surface area contributed by atoms with Gasteiger partial charge in [-0.2, -0.15) is 10.1 Å². The van der Waals surface area contributed by atoms with Crippen molar-refractivity contribution in [2.24, 2.45) is 7.05 Å². The summed E-state index contributed by atoms with van der Waals surface area (Å²) in [6, 6.07) is 1.76. The Kier molecular flexibility index (Phi) is 3.86. The van der Waals surface area contributed by atoms with Crippen LogP contribution in [-0.4, -0.2) is 19.7 Å². The van der Waals surface area contributed by atoms with E-state index in [-0.39, 0.29) is 5.41 Å². The van der Waals surface area contributed by atoms with Crippen molar-refractivity contribution in [3.8, 4) is 11.6 Å². The summed E-state index contributed by atoms with van der Waals surface area (Å²) in [4.78, 5) is 8.89. The van der Waals surface area contributed by atoms with Crippen LogP contribution in [0.4, 0.5) is 0 Å². The van der Waals surface area contributed by atoms with E-state index in [9.17, 15) is 0 Å². The van der Waals surface area contributed by atoms with Gasteiger partial charge in [0, 0.05) is 18.5 Å². The molecule has 0 amide bonds. The molecule has 0 aliphatic heterocycles. The van der Waals surface area contributed by atoms with Gasteiger partial charge in [-0.05, 0) is 29.8 Å². The van der Waals surface area contributed by atoms with Crippen molar-refractivity contribution >= 4 is 15.9 Å². The van der Waals surface area contributed by atoms with Crippen LogP contribution < -0.4 is 4.74 Å². The van der Waals surface area contributed by atoms with E-state index in [4.69, 9.17) is 4.74 Å². The van der Waals surface area contributed by atoms with Gasteiger partial charge in [0.05, 0.1) is 5.69 Å². The highest BCUT2D eigenvalue weighted by Crippen LogP contribution is 2.29. The summed E-state index contributed by atoms with van der Waals surface area (Å²) in [5, 5.41) is 4.34. The highest BCUT2D eigenvalue weighted by molar-refractivity contribution is 9.10. The number of rotatable bonds is 2. The zero-order valence-electron chi connectivity index (χ0n) is 12.7. The van der Waals surface area contributed by atoms with Crippen molar-refractivity contribution in [3.63, 3.8) is 0 Å². The molecule has 0 bridgehead atoms. The minimum absolute atomic E-state index is 0.138. The minimum Gasteiger partial charge on any atom is -0.435 e. The van der Waals surface area contributed by atoms with Gasteiger partial charge in [-0.1, -0.05) is 20.8 Å². The Hall–Kier alpha value is -1.43. The standard InChI is InChI=1S/C14H19BrN4O/c1-8-12(9(2)19(6)18-8)20-11-7-10(15)16-13(17-11)14(3,4)5/h7H,1-6H3. The van der Waals surface area contributed by atoms with Crippen molar-refractivity contribution < 1.29 is 4.74 Å². The van der Waals surface area contributed by atoms with Crippen LogP contribution in [0, 0.1) is 13.8 Å². The second kappa shape index (κ2) is 5.16. The topological polar surface area (TPSA) is 52.8 Å². The van der Waals surface area contributed by atoms with Crippen molar-refractivity contribution in [2.45, 2.75) is 40.0 Å². The molecule has 0 saturated heterocycles. The smallest absolute Gasteiger partial charge is 0.223 e. The first-order valence-corrected chi connectivity index (χ1v) is 7.21. The van der Waals surface area contributed by atoms with E-state index >= 15 is 0 Å². The second-order valence-corrected chi connectivity index (χ2v) is 6.64. The van der Waals surface area contributed by atoms with Crippen molar-refractivity contribution in [2.75, 3.05) is 0 Å². The molecule has 0 unspecified atom stereocenters. The highest BCUT2D eigenvalue weighted by atomic mass is 79.9. The molecular formula is C14H19BrN4O. The fraction of sp³-hybridized carbons (Fsp3) is 0.500. The maximum Gasteiger partial charge on any atom is 0.223 e. The molecule has 20 heavy (non-hydrogen) atoms. The molecule has 0 atom stereocenters. The van der Waals surface area contributed by atoms with Crippen molar-refractivity contribution in [3.05, 3.63) is 27.9 Å². The molecule has 2 aromatic heterocycles. The third-order valence-electron chi connectivity index (χ3n) is 2.99. The lowest BCUT2D eigenvalue weighted by atomic mass is 9.96. The summed E-state index contributed by atoms with van der Waals surface area (Å²) >= 11 is 3.41. The van der Waals surface area contributed by atoms with Gasteiger partial charge < -0.3 is 4.74 Å². The number of aromatic nitrogens is 4. The number of hydrogen-bond acceptors (Lipinski definition) is 4. The highest BCUT2D eigenvalue weighted by Gasteiger charge is 2.20. The first kappa shape index (κ1) is 15.0. The molecule has 108 valence electrons. The number of ether oxygens (including phenoxy) is 1. The fourth-order valence-electron chi connectivity index (χ4n) is 1.79. The molecule has 0 fully saturated rings. The van der Waals surface area contributed by atoms with Gasteiger partial charge in [0.1, 0.15) is 16.1 Å². The average molecular weight is 339 g/mol. The maximum absolute atomic E-state index is 5.91. The molecule has 2 heterocycles. The van der Waals surface area contributed by atoms with E-state index in [1.165, 1.54) is 0 Å². The Morgan fingerprint density at radius 2 is 1.85 bits per heavy atom. The van der Waals surface area contributed by atoms with Crippen LogP contribution >= 0.6 is 15.9 Å². The van der Waals surface area contributed by atoms with Crippen molar-refractivity contribution in [1.29, 1.82) is 0 Å². The minimum atomic E-state index is -0.138. The van der Waals surface area contributed by atoms with Crippen LogP contribution in [0.1, 0.15) is 38.0 Å². The zero-order chi connectivity index (χ0) is 15.1. The Morgan fingerprint density at radius 3 is 2.35 bits per heavy atom. The molecule has 0 aromatic carbocycles. The molecule has 0 saturated carbocycles. The molecule has 6 heteroatoms. The van der Waals surface area contributed by atoms with E-state index in [1.54, 1.807) is 10.7 Å². The summed E-state index contributed by atoms with van der Waals surface area (Å²) in [6.07, 6.45) is 0. The first-order chi connectivity index (χ1) is 9.18. The van der Waals surface area contributed by atoms with Crippen LogP contribution in [-0.2, 0) is 12.5 Å². The summed E-state index contributed by atoms with van der Waals surface area (Å²) in [5.74, 6) is 2.01. The van der Waals surface area contributed by atoms with E-state index in [2.05, 4.69) is 51.8 Å². The molecule has 0 aliphatic carbocycles. The van der Waals surface area contributed by atoms with Gasteiger partial charge in [-0.3, -0.25) is 4.68 Å². The first-order valence-electron chi connectivity index (χ1n) is 6.41. The number of nitrogens with zero attached hydrogens (tertiary/aromatic N) is 4. The number of halogens is 1. The molecule has 5 nitrogen and oxygen atoms in total. The Labute approximate surface area is 127 Å². The van der Waals surface area contributed by atoms with E-state index in [1.807, 2.05) is 20.9 Å². The van der Waals surface area contributed by atoms with Gasteiger partial charge in [-0.15, -0.1) is 0 Å². The summed E-state index contributed by atoms with van der Waals surface area (Å²) < 4.78 is 8.42. The van der Waals surface area contributed by atoms with E-state index in [0.29, 0.717) is 10.5 Å². The van der Waals surface area contributed by atoms with E-state index < -0.39 is 0 Å². The largest absolute Gasteiger partial charge is 0.435 e. The fourth-order valence-corrected chi connectivity index (χ4v) is 2.15. The quantitative estimate of drug-likeness (QED) is 0.783. The molecular weight excluding hydrogens is 320 g/mol. The predicted molar refractivity (Wildman–Crippen MR) is 81.2 cm³/mol. The lowest BCUT2D eigenvalue weighted by molar-refractivity contribution is 0.438. The summed E-state index contributed by atoms with van der Waals surface area (Å²) in [6.45, 7) is 10.1. The molecule has 0 aliphatic rings. The lowest BCUT2D eigenvalue weighted by Crippen LogP contribution is -2.16. The van der Waals surface area contributed by atoms with Gasteiger partial charge >= 0.3 is 0 Å². The monoisotopic (exact) mass is 338 g/mol. The SMILES string of the molecule is Cc1nn(C)c(C)c1Oc1cc(Br)nc(C(C)(C)C)n1. The molecule has 0 radical (unpaired) electrons. The Morgan fingerprint density at radius 1 is 1.20 bits per heavy atom. The molecule has 0 spiro atoms. The Balaban J connectivity index is 2.41. The predicted octanol–water partition coefficient (Wildman–Crippen LogP) is 3.68. The maximum atomic E-state index is 5.91. The van der Waals surface area contributed by atoms with Crippen LogP contribution in [0.2, 0.25) is 0 Å². The van der Waals surface area contributed by atoms with Crippen LogP contribution in [0.3, 0.4) is 0 Å². The normalized spacial score (nSPS) is 11.8. The van der Waals surface area contributed by atoms with Gasteiger partial charge in [0.15, 0.2) is 5.75 Å². The van der Waals surface area contributed by atoms with E-state index in [0.717, 1.165) is 23.0 Å². The Bertz CT molecular complexity index is 643. The van der Waals surface area contributed by atoms with Crippen LogP contribution in [0.15, 0.2) is 10.7 Å². The molecule has 2 aromatic rings. The lowest BCUT2D eigenvalue weighted by Gasteiger charge is -2.17. The van der Waals surface area contributed by atoms with Crippen LogP contribution in [0.5, 0.6) is 11.6 Å². The third kappa shape index (κ3) is 3.00. The number of aryl methyl sites for hydroxylation is 2. The zero-order valence-corrected chi connectivity index (χ0v) is 14.2.